The van der Waals surface area contributed by atoms with Gasteiger partial charge in [0.15, 0.2) is 0 Å². The van der Waals surface area contributed by atoms with Gasteiger partial charge in [-0.15, -0.1) is 0 Å². The van der Waals surface area contributed by atoms with Gasteiger partial charge in [-0.2, -0.15) is 0 Å². The highest BCUT2D eigenvalue weighted by atomic mass is 16.5. The summed E-state index contributed by atoms with van der Waals surface area (Å²) in [5, 5.41) is 8.90. The molecule has 3 aromatic carbocycles. The molecule has 0 unspecified atom stereocenters. The minimum absolute atomic E-state index is 0.0108. The predicted molar refractivity (Wildman–Crippen MR) is 123 cm³/mol. The Morgan fingerprint density at radius 3 is 2.39 bits per heavy atom. The minimum Gasteiger partial charge on any atom is -0.497 e. The molecule has 0 aliphatic rings. The maximum absolute atomic E-state index is 13.0. The molecule has 0 bridgehead atoms. The summed E-state index contributed by atoms with van der Waals surface area (Å²) in [6.07, 6.45) is 0.819. The second-order valence-corrected chi connectivity index (χ2v) is 7.00. The molecule has 160 valence electrons. The largest absolute Gasteiger partial charge is 0.497 e. The van der Waals surface area contributed by atoms with Crippen LogP contribution in [0.1, 0.15) is 24.1 Å². The average Bonchev–Trinajstić information content (AvgIpc) is 2.80. The Morgan fingerprint density at radius 2 is 1.65 bits per heavy atom. The van der Waals surface area contributed by atoms with E-state index in [0.717, 1.165) is 23.2 Å². The first-order valence-electron chi connectivity index (χ1n) is 10.2. The summed E-state index contributed by atoms with van der Waals surface area (Å²) in [6.45, 7) is 2.03. The van der Waals surface area contributed by atoms with Crippen LogP contribution in [0, 0.1) is 0 Å². The van der Waals surface area contributed by atoms with Crippen LogP contribution < -0.4 is 20.7 Å². The second-order valence-electron chi connectivity index (χ2n) is 7.00. The zero-order chi connectivity index (χ0) is 22.1. The number of amides is 2. The molecule has 0 aliphatic heterocycles. The molecule has 0 saturated heterocycles. The Balaban J connectivity index is 1.70. The number of benzene rings is 3. The van der Waals surface area contributed by atoms with Gasteiger partial charge in [0.05, 0.1) is 13.7 Å². The molecule has 1 atom stereocenters. The first-order valence-corrected chi connectivity index (χ1v) is 10.2. The van der Waals surface area contributed by atoms with Gasteiger partial charge in [0.1, 0.15) is 11.8 Å². The van der Waals surface area contributed by atoms with Gasteiger partial charge < -0.3 is 15.4 Å². The standard InChI is InChI=1S/C25H27N3O3/c1-3-18-10-7-8-15-22(18)28-23(29)17-26-24(19-11-5-4-6-12-19)25(30)27-20-13-9-14-21(16-20)31-2/h4-16,24,26H,3,17H2,1-2H3,(H,27,30)(H,28,29)/t24-/m0/s1. The van der Waals surface area contributed by atoms with Crippen LogP contribution in [-0.2, 0) is 16.0 Å². The van der Waals surface area contributed by atoms with E-state index in [-0.39, 0.29) is 18.4 Å². The fourth-order valence-electron chi connectivity index (χ4n) is 3.26. The van der Waals surface area contributed by atoms with Crippen molar-refractivity contribution in [2.45, 2.75) is 19.4 Å². The molecule has 3 aromatic rings. The quantitative estimate of drug-likeness (QED) is 0.488. The smallest absolute Gasteiger partial charge is 0.246 e. The van der Waals surface area contributed by atoms with Crippen molar-refractivity contribution >= 4 is 23.2 Å². The van der Waals surface area contributed by atoms with Crippen LogP contribution >= 0.6 is 0 Å². The van der Waals surface area contributed by atoms with Crippen molar-refractivity contribution in [1.82, 2.24) is 5.32 Å². The first-order chi connectivity index (χ1) is 15.1. The number of carbonyl (C=O) groups is 2. The third-order valence-electron chi connectivity index (χ3n) is 4.87. The lowest BCUT2D eigenvalue weighted by Gasteiger charge is -2.19. The molecule has 0 spiro atoms. The lowest BCUT2D eigenvalue weighted by atomic mass is 10.1. The Morgan fingerprint density at radius 1 is 0.903 bits per heavy atom. The molecule has 0 heterocycles. The Kier molecular flexibility index (Phi) is 7.79. The lowest BCUT2D eigenvalue weighted by Crippen LogP contribution is -2.37. The summed E-state index contributed by atoms with van der Waals surface area (Å²) in [7, 11) is 1.57. The molecule has 6 nitrogen and oxygen atoms in total. The van der Waals surface area contributed by atoms with Crippen LogP contribution in [-0.4, -0.2) is 25.5 Å². The van der Waals surface area contributed by atoms with Crippen molar-refractivity contribution in [2.24, 2.45) is 0 Å². The Labute approximate surface area is 182 Å². The van der Waals surface area contributed by atoms with Crippen molar-refractivity contribution in [1.29, 1.82) is 0 Å². The number of para-hydroxylation sites is 1. The molecule has 3 rings (SSSR count). The van der Waals surface area contributed by atoms with Gasteiger partial charge in [-0.25, -0.2) is 0 Å². The van der Waals surface area contributed by atoms with Gasteiger partial charge in [0, 0.05) is 17.4 Å². The number of nitrogens with one attached hydrogen (secondary N) is 3. The summed E-state index contributed by atoms with van der Waals surface area (Å²) in [5.74, 6) is 0.174. The van der Waals surface area contributed by atoms with Crippen molar-refractivity contribution in [2.75, 3.05) is 24.3 Å². The van der Waals surface area contributed by atoms with Crippen molar-refractivity contribution < 1.29 is 14.3 Å². The fraction of sp³-hybridized carbons (Fsp3) is 0.200. The van der Waals surface area contributed by atoms with Crippen LogP contribution in [0.5, 0.6) is 5.75 Å². The molecule has 2 amide bonds. The SMILES string of the molecule is CCc1ccccc1NC(=O)CN[C@H](C(=O)Nc1cccc(OC)c1)c1ccccc1. The third kappa shape index (κ3) is 6.17. The van der Waals surface area contributed by atoms with Gasteiger partial charge in [-0.3, -0.25) is 14.9 Å². The summed E-state index contributed by atoms with van der Waals surface area (Å²) in [5.41, 5.74) is 3.23. The van der Waals surface area contributed by atoms with Crippen LogP contribution in [0.3, 0.4) is 0 Å². The molecule has 0 saturated carbocycles. The van der Waals surface area contributed by atoms with Gasteiger partial charge in [-0.05, 0) is 35.7 Å². The first kappa shape index (κ1) is 22.1. The molecule has 0 radical (unpaired) electrons. The predicted octanol–water partition coefficient (Wildman–Crippen LogP) is 4.17. The molecular formula is C25H27N3O3. The van der Waals surface area contributed by atoms with Crippen LogP contribution in [0.2, 0.25) is 0 Å². The molecule has 31 heavy (non-hydrogen) atoms. The van der Waals surface area contributed by atoms with E-state index in [4.69, 9.17) is 4.74 Å². The Hall–Kier alpha value is -3.64. The molecular weight excluding hydrogens is 390 g/mol. The summed E-state index contributed by atoms with van der Waals surface area (Å²) >= 11 is 0. The summed E-state index contributed by atoms with van der Waals surface area (Å²) < 4.78 is 5.22. The number of anilines is 2. The van der Waals surface area contributed by atoms with Crippen molar-refractivity contribution in [3.63, 3.8) is 0 Å². The fourth-order valence-corrected chi connectivity index (χ4v) is 3.26. The zero-order valence-corrected chi connectivity index (χ0v) is 17.7. The van der Waals surface area contributed by atoms with E-state index in [0.29, 0.717) is 11.4 Å². The normalized spacial score (nSPS) is 11.4. The molecule has 6 heteroatoms. The number of hydrogen-bond acceptors (Lipinski definition) is 4. The van der Waals surface area contributed by atoms with Crippen LogP contribution in [0.4, 0.5) is 11.4 Å². The topological polar surface area (TPSA) is 79.5 Å². The number of carbonyl (C=O) groups excluding carboxylic acids is 2. The summed E-state index contributed by atoms with van der Waals surface area (Å²) in [6, 6.07) is 23.5. The number of rotatable bonds is 9. The lowest BCUT2D eigenvalue weighted by molar-refractivity contribution is -0.119. The van der Waals surface area contributed by atoms with E-state index in [2.05, 4.69) is 16.0 Å². The highest BCUT2D eigenvalue weighted by Gasteiger charge is 2.21. The third-order valence-corrected chi connectivity index (χ3v) is 4.87. The molecule has 3 N–H and O–H groups in total. The van der Waals surface area contributed by atoms with Gasteiger partial charge in [0.25, 0.3) is 0 Å². The summed E-state index contributed by atoms with van der Waals surface area (Å²) in [4.78, 5) is 25.6. The van der Waals surface area contributed by atoms with Gasteiger partial charge in [-0.1, -0.05) is 61.5 Å². The zero-order valence-electron chi connectivity index (χ0n) is 17.7. The minimum atomic E-state index is -0.695. The van der Waals surface area contributed by atoms with E-state index < -0.39 is 6.04 Å². The van der Waals surface area contributed by atoms with Crippen LogP contribution in [0.25, 0.3) is 0 Å². The molecule has 0 aromatic heterocycles. The van der Waals surface area contributed by atoms with Crippen LogP contribution in [0.15, 0.2) is 78.9 Å². The van der Waals surface area contributed by atoms with E-state index >= 15 is 0 Å². The highest BCUT2D eigenvalue weighted by molar-refractivity contribution is 5.97. The number of methoxy groups -OCH3 is 1. The molecule has 0 fully saturated rings. The maximum atomic E-state index is 13.0. The average molecular weight is 418 g/mol. The van der Waals surface area contributed by atoms with E-state index in [1.807, 2.05) is 61.5 Å². The highest BCUT2D eigenvalue weighted by Crippen LogP contribution is 2.20. The van der Waals surface area contributed by atoms with E-state index in [1.165, 1.54) is 0 Å². The number of ether oxygens (including phenoxy) is 1. The van der Waals surface area contributed by atoms with Crippen molar-refractivity contribution in [3.05, 3.63) is 90.0 Å². The second kappa shape index (κ2) is 10.9. The Bertz CT molecular complexity index is 1020. The van der Waals surface area contributed by atoms with E-state index in [9.17, 15) is 9.59 Å². The number of aryl methyl sites for hydroxylation is 1. The molecule has 0 aliphatic carbocycles. The monoisotopic (exact) mass is 417 g/mol. The van der Waals surface area contributed by atoms with Crippen molar-refractivity contribution in [3.8, 4) is 5.75 Å². The number of hydrogen-bond donors (Lipinski definition) is 3. The van der Waals surface area contributed by atoms with Gasteiger partial charge >= 0.3 is 0 Å². The van der Waals surface area contributed by atoms with E-state index in [1.54, 1.807) is 31.4 Å². The maximum Gasteiger partial charge on any atom is 0.246 e. The van der Waals surface area contributed by atoms with Gasteiger partial charge in [0.2, 0.25) is 11.8 Å².